The van der Waals surface area contributed by atoms with E-state index >= 15 is 0 Å². The molecule has 0 aliphatic carbocycles. The van der Waals surface area contributed by atoms with Gasteiger partial charge in [0.1, 0.15) is 23.3 Å². The fourth-order valence-electron chi connectivity index (χ4n) is 9.39. The second-order valence-corrected chi connectivity index (χ2v) is 20.5. The summed E-state index contributed by atoms with van der Waals surface area (Å²) in [5, 5.41) is 0. The van der Waals surface area contributed by atoms with Crippen LogP contribution in [-0.2, 0) is 51.4 Å². The van der Waals surface area contributed by atoms with Crippen molar-refractivity contribution in [2.75, 3.05) is 0 Å². The van der Waals surface area contributed by atoms with Crippen LogP contribution in [0.15, 0.2) is 170 Å². The third-order valence-corrected chi connectivity index (χ3v) is 14.6. The number of aromatic nitrogens is 8. The van der Waals surface area contributed by atoms with Crippen LogP contribution in [0.2, 0.25) is 0 Å². The van der Waals surface area contributed by atoms with E-state index in [-0.39, 0.29) is 11.0 Å². The van der Waals surface area contributed by atoms with E-state index in [0.717, 1.165) is 119 Å². The fraction of sp³-hybridized carbons (Fsp3) is 0.235. The lowest BCUT2D eigenvalue weighted by Crippen LogP contribution is -1.92. The average Bonchev–Trinajstić information content (AvgIpc) is 4.23. The highest BCUT2D eigenvalue weighted by atomic mass is 16.0. The van der Waals surface area contributed by atoms with Gasteiger partial charge < -0.3 is 30.9 Å². The number of hydrogen-bond donors (Lipinski definition) is 4. The van der Waals surface area contributed by atoms with Gasteiger partial charge in [0.25, 0.3) is 0 Å². The molecule has 8 aromatic carbocycles. The highest BCUT2D eigenvalue weighted by molar-refractivity contribution is 5.79. The molecule has 0 radical (unpaired) electrons. The Labute approximate surface area is 459 Å². The van der Waals surface area contributed by atoms with Crippen molar-refractivity contribution in [3.05, 3.63) is 260 Å². The predicted octanol–water partition coefficient (Wildman–Crippen LogP) is 14.2. The Kier molecular flexibility index (Phi) is 19.9. The number of nitrogens with one attached hydrogen (secondary N) is 4. The minimum Gasteiger partial charge on any atom is -0.412 e. The highest BCUT2D eigenvalue weighted by Gasteiger charge is 2.09. The first-order valence-electron chi connectivity index (χ1n) is 26.9. The Bertz CT molecular complexity index is 3140. The maximum Gasteiger partial charge on any atom is 0.107 e. The van der Waals surface area contributed by atoms with Gasteiger partial charge in [0.05, 0.1) is 44.1 Å². The number of rotatable bonds is 12. The van der Waals surface area contributed by atoms with E-state index in [1.165, 1.54) is 66.8 Å². The van der Waals surface area contributed by atoms with Crippen LogP contribution in [-0.4, -0.2) is 50.8 Å². The molecule has 0 unspecified atom stereocenters. The number of aryl methyl sites for hydroxylation is 16. The van der Waals surface area contributed by atoms with Crippen LogP contribution in [0, 0.1) is 55.4 Å². The smallest absolute Gasteiger partial charge is 0.107 e. The van der Waals surface area contributed by atoms with Gasteiger partial charge in [-0.2, -0.15) is 0 Å². The summed E-state index contributed by atoms with van der Waals surface area (Å²) in [6.45, 7) is 17.1. The summed E-state index contributed by atoms with van der Waals surface area (Å²) in [6, 6.07) is 59.6. The van der Waals surface area contributed by atoms with Crippen molar-refractivity contribution in [1.29, 1.82) is 0 Å². The van der Waals surface area contributed by atoms with Crippen LogP contribution in [0.4, 0.5) is 0 Å². The van der Waals surface area contributed by atoms with E-state index in [1.54, 1.807) is 0 Å². The monoisotopic (exact) mass is 1040 g/mol. The molecule has 0 aliphatic heterocycles. The molecule has 0 saturated heterocycles. The van der Waals surface area contributed by atoms with E-state index in [2.05, 4.69) is 265 Å². The molecule has 0 spiro atoms. The Morgan fingerprint density at radius 2 is 0.423 bits per heavy atom. The van der Waals surface area contributed by atoms with E-state index in [1.807, 2.05) is 0 Å². The third kappa shape index (κ3) is 15.4. The molecular weight excluding hydrogens is 961 g/mol. The van der Waals surface area contributed by atoms with Gasteiger partial charge in [-0.1, -0.05) is 121 Å². The Balaban J connectivity index is 0.000000149. The molecule has 400 valence electrons. The second-order valence-electron chi connectivity index (χ2n) is 20.5. The van der Waals surface area contributed by atoms with Gasteiger partial charge in [-0.05, 0) is 196 Å². The fourth-order valence-corrected chi connectivity index (χ4v) is 9.39. The molecule has 8 N–H and O–H groups in total. The zero-order valence-corrected chi connectivity index (χ0v) is 46.6. The van der Waals surface area contributed by atoms with Crippen LogP contribution < -0.4 is 0 Å². The molecule has 0 fully saturated rings. The SMILES string of the molecule is Cc1cc2nc(CCc3ccccc3)[nH]c2cc1C.Cc1cc2nc(CCc3ccccc3)[nH]c2cc1C.Cc1cc2nc(CCc3ccccc3)[nH]c2cc1C.Cc1cc2nc(CCc3ccccc3)[nH]c2cc1C.O.O. The molecule has 0 bridgehead atoms. The Morgan fingerprint density at radius 3 is 0.615 bits per heavy atom. The van der Waals surface area contributed by atoms with E-state index < -0.39 is 0 Å². The van der Waals surface area contributed by atoms with Crippen molar-refractivity contribution < 1.29 is 11.0 Å². The van der Waals surface area contributed by atoms with Crippen LogP contribution >= 0.6 is 0 Å². The third-order valence-electron chi connectivity index (χ3n) is 14.6. The van der Waals surface area contributed by atoms with Crippen molar-refractivity contribution in [2.24, 2.45) is 0 Å². The molecule has 0 atom stereocenters. The largest absolute Gasteiger partial charge is 0.412 e. The normalized spacial score (nSPS) is 10.8. The topological polar surface area (TPSA) is 178 Å². The lowest BCUT2D eigenvalue weighted by Gasteiger charge is -1.98. The number of benzene rings is 8. The molecule has 0 amide bonds. The molecule has 12 rings (SSSR count). The van der Waals surface area contributed by atoms with Crippen LogP contribution in [0.1, 0.15) is 90.1 Å². The Hall–Kier alpha value is -8.44. The molecule has 78 heavy (non-hydrogen) atoms. The lowest BCUT2D eigenvalue weighted by molar-refractivity contribution is 0.823. The van der Waals surface area contributed by atoms with E-state index in [0.29, 0.717) is 0 Å². The Morgan fingerprint density at radius 1 is 0.244 bits per heavy atom. The summed E-state index contributed by atoms with van der Waals surface area (Å²) in [5.41, 5.74) is 24.7. The summed E-state index contributed by atoms with van der Waals surface area (Å²) in [5.74, 6) is 4.29. The summed E-state index contributed by atoms with van der Waals surface area (Å²) in [6.07, 6.45) is 7.93. The predicted molar refractivity (Wildman–Crippen MR) is 325 cm³/mol. The summed E-state index contributed by atoms with van der Waals surface area (Å²) >= 11 is 0. The van der Waals surface area contributed by atoms with Crippen LogP contribution in [0.3, 0.4) is 0 Å². The van der Waals surface area contributed by atoms with Crippen molar-refractivity contribution >= 4 is 44.1 Å². The first kappa shape index (κ1) is 57.3. The zero-order chi connectivity index (χ0) is 53.0. The number of aromatic amines is 4. The van der Waals surface area contributed by atoms with E-state index in [9.17, 15) is 0 Å². The van der Waals surface area contributed by atoms with Gasteiger partial charge in [0, 0.05) is 25.7 Å². The van der Waals surface area contributed by atoms with Crippen LogP contribution in [0.5, 0.6) is 0 Å². The average molecular weight is 1040 g/mol. The summed E-state index contributed by atoms with van der Waals surface area (Å²) in [4.78, 5) is 32.4. The molecule has 10 heteroatoms. The maximum absolute atomic E-state index is 4.67. The quantitative estimate of drug-likeness (QED) is 0.0952. The minimum absolute atomic E-state index is 0. The van der Waals surface area contributed by atoms with Gasteiger partial charge in [0.2, 0.25) is 0 Å². The molecule has 0 saturated carbocycles. The molecule has 12 aromatic rings. The molecule has 4 aromatic heterocycles. The first-order chi connectivity index (χ1) is 36.9. The number of nitrogens with zero attached hydrogens (tertiary/aromatic N) is 4. The molecule has 4 heterocycles. The van der Waals surface area contributed by atoms with Gasteiger partial charge in [-0.25, -0.2) is 19.9 Å². The van der Waals surface area contributed by atoms with Gasteiger partial charge >= 0.3 is 0 Å². The number of fused-ring (bicyclic) bond motifs is 4. The lowest BCUT2D eigenvalue weighted by atomic mass is 10.1. The van der Waals surface area contributed by atoms with Crippen molar-refractivity contribution in [3.8, 4) is 0 Å². The maximum atomic E-state index is 4.67. The molecule has 10 nitrogen and oxygen atoms in total. The number of H-pyrrole nitrogens is 4. The number of imidazole rings is 4. The standard InChI is InChI=1S/4C17H18N2.2H2O/c4*1-12-10-15-16(11-13(12)2)19-17(18-15)9-8-14-6-4-3-5-7-14;;/h4*3-7,10-11H,8-9H2,1-2H3,(H,18,19);2*1H2. The molecular formula is C68H76N8O2. The summed E-state index contributed by atoms with van der Waals surface area (Å²) in [7, 11) is 0. The highest BCUT2D eigenvalue weighted by Crippen LogP contribution is 2.22. The van der Waals surface area contributed by atoms with Crippen LogP contribution in [0.25, 0.3) is 44.1 Å². The van der Waals surface area contributed by atoms with Gasteiger partial charge in [-0.15, -0.1) is 0 Å². The van der Waals surface area contributed by atoms with Crippen molar-refractivity contribution in [3.63, 3.8) is 0 Å². The van der Waals surface area contributed by atoms with Gasteiger partial charge in [0.15, 0.2) is 0 Å². The number of hydrogen-bond acceptors (Lipinski definition) is 4. The van der Waals surface area contributed by atoms with Gasteiger partial charge in [-0.3, -0.25) is 0 Å². The minimum atomic E-state index is 0. The second kappa shape index (κ2) is 27.0. The molecule has 0 aliphatic rings. The summed E-state index contributed by atoms with van der Waals surface area (Å²) < 4.78 is 0. The van der Waals surface area contributed by atoms with Crippen molar-refractivity contribution in [2.45, 2.75) is 107 Å². The van der Waals surface area contributed by atoms with E-state index in [4.69, 9.17) is 0 Å². The van der Waals surface area contributed by atoms with Crippen molar-refractivity contribution in [1.82, 2.24) is 39.9 Å². The zero-order valence-electron chi connectivity index (χ0n) is 46.6. The first-order valence-corrected chi connectivity index (χ1v) is 26.9.